The minimum atomic E-state index is 0.294. The van der Waals surface area contributed by atoms with Gasteiger partial charge in [-0.25, -0.2) is 0 Å². The van der Waals surface area contributed by atoms with Crippen LogP contribution in [0.4, 0.5) is 0 Å². The summed E-state index contributed by atoms with van der Waals surface area (Å²) in [5.74, 6) is 0.816. The highest BCUT2D eigenvalue weighted by atomic mass is 16.2. The van der Waals surface area contributed by atoms with Gasteiger partial charge in [0, 0.05) is 13.1 Å². The van der Waals surface area contributed by atoms with E-state index in [1.54, 1.807) is 0 Å². The second-order valence-corrected chi connectivity index (χ2v) is 5.87. The van der Waals surface area contributed by atoms with Gasteiger partial charge < -0.3 is 4.90 Å². The third-order valence-corrected chi connectivity index (χ3v) is 3.93. The Hall–Kier alpha value is -1.31. The lowest BCUT2D eigenvalue weighted by atomic mass is 9.99. The molecule has 1 saturated heterocycles. The van der Waals surface area contributed by atoms with E-state index in [1.807, 2.05) is 0 Å². The Morgan fingerprint density at radius 3 is 2.47 bits per heavy atom. The van der Waals surface area contributed by atoms with E-state index in [2.05, 4.69) is 43.0 Å². The van der Waals surface area contributed by atoms with Crippen molar-refractivity contribution in [1.29, 1.82) is 0 Å². The quantitative estimate of drug-likeness (QED) is 0.809. The van der Waals surface area contributed by atoms with Crippen molar-refractivity contribution in [3.8, 4) is 0 Å². The maximum Gasteiger partial charge on any atom is 0.226 e. The van der Waals surface area contributed by atoms with Gasteiger partial charge in [-0.1, -0.05) is 51.0 Å². The summed E-state index contributed by atoms with van der Waals surface area (Å²) in [6, 6.07) is 8.47. The molecule has 1 aliphatic rings. The van der Waals surface area contributed by atoms with Gasteiger partial charge in [0.2, 0.25) is 5.91 Å². The fourth-order valence-corrected chi connectivity index (χ4v) is 2.67. The molecule has 0 spiro atoms. The van der Waals surface area contributed by atoms with E-state index >= 15 is 0 Å². The fraction of sp³-hybridized carbons (Fsp3) is 0.588. The van der Waals surface area contributed by atoms with Crippen LogP contribution in [0.25, 0.3) is 0 Å². The summed E-state index contributed by atoms with van der Waals surface area (Å²) in [4.78, 5) is 14.4. The molecule has 0 N–H and O–H groups in total. The molecule has 0 aliphatic carbocycles. The molecule has 104 valence electrons. The smallest absolute Gasteiger partial charge is 0.226 e. The summed E-state index contributed by atoms with van der Waals surface area (Å²) in [5, 5.41) is 0. The van der Waals surface area contributed by atoms with Gasteiger partial charge in [0.05, 0.1) is 6.42 Å². The molecule has 2 rings (SSSR count). The molecule has 0 unspecified atom stereocenters. The van der Waals surface area contributed by atoms with Crippen LogP contribution in [0.1, 0.15) is 56.6 Å². The maximum absolute atomic E-state index is 12.3. The van der Waals surface area contributed by atoms with Crippen molar-refractivity contribution in [2.75, 3.05) is 13.1 Å². The van der Waals surface area contributed by atoms with Gasteiger partial charge in [0.15, 0.2) is 0 Å². The molecular weight excluding hydrogens is 234 g/mol. The Kier molecular flexibility index (Phi) is 5.00. The molecule has 2 nitrogen and oxygen atoms in total. The number of hydrogen-bond donors (Lipinski definition) is 0. The van der Waals surface area contributed by atoms with Crippen LogP contribution in [0.5, 0.6) is 0 Å². The van der Waals surface area contributed by atoms with Gasteiger partial charge in [-0.3, -0.25) is 4.79 Å². The number of carbonyl (C=O) groups excluding carboxylic acids is 1. The molecule has 19 heavy (non-hydrogen) atoms. The standard InChI is InChI=1S/C17H25NO/c1-14(2)16-9-7-8-15(12-16)13-17(19)18-10-5-3-4-6-11-18/h7-9,12,14H,3-6,10-11,13H2,1-2H3. The first-order valence-electron chi connectivity index (χ1n) is 7.53. The Morgan fingerprint density at radius 2 is 1.84 bits per heavy atom. The molecule has 2 heteroatoms. The zero-order valence-corrected chi connectivity index (χ0v) is 12.2. The second-order valence-electron chi connectivity index (χ2n) is 5.87. The zero-order chi connectivity index (χ0) is 13.7. The molecular formula is C17H25NO. The molecule has 1 aromatic carbocycles. The third kappa shape index (κ3) is 4.09. The van der Waals surface area contributed by atoms with Gasteiger partial charge in [-0.05, 0) is 29.9 Å². The lowest BCUT2D eigenvalue weighted by Gasteiger charge is -2.20. The number of nitrogens with zero attached hydrogens (tertiary/aromatic N) is 1. The normalized spacial score (nSPS) is 16.5. The first kappa shape index (κ1) is 14.1. The van der Waals surface area contributed by atoms with E-state index in [9.17, 15) is 4.79 Å². The molecule has 0 aromatic heterocycles. The molecule has 1 amide bonds. The van der Waals surface area contributed by atoms with Crippen molar-refractivity contribution in [1.82, 2.24) is 4.90 Å². The highest BCUT2D eigenvalue weighted by molar-refractivity contribution is 5.78. The lowest BCUT2D eigenvalue weighted by Crippen LogP contribution is -2.33. The molecule has 0 atom stereocenters. The molecule has 1 aliphatic heterocycles. The fourth-order valence-electron chi connectivity index (χ4n) is 2.67. The van der Waals surface area contributed by atoms with Crippen LogP contribution < -0.4 is 0 Å². The van der Waals surface area contributed by atoms with Crippen molar-refractivity contribution in [2.24, 2.45) is 0 Å². The van der Waals surface area contributed by atoms with Crippen molar-refractivity contribution in [2.45, 2.75) is 51.9 Å². The SMILES string of the molecule is CC(C)c1cccc(CC(=O)N2CCCCCC2)c1. The van der Waals surface area contributed by atoms with E-state index in [0.29, 0.717) is 18.2 Å². The third-order valence-electron chi connectivity index (χ3n) is 3.93. The molecule has 1 heterocycles. The molecule has 0 radical (unpaired) electrons. The van der Waals surface area contributed by atoms with E-state index < -0.39 is 0 Å². The first-order valence-corrected chi connectivity index (χ1v) is 7.53. The topological polar surface area (TPSA) is 20.3 Å². The number of carbonyl (C=O) groups is 1. The minimum Gasteiger partial charge on any atom is -0.342 e. The summed E-state index contributed by atoms with van der Waals surface area (Å²) in [6.45, 7) is 6.27. The van der Waals surface area contributed by atoms with E-state index in [-0.39, 0.29) is 0 Å². The Bertz CT molecular complexity index is 417. The average molecular weight is 259 g/mol. The minimum absolute atomic E-state index is 0.294. The van der Waals surface area contributed by atoms with Crippen LogP contribution in [0.2, 0.25) is 0 Å². The number of rotatable bonds is 3. The summed E-state index contributed by atoms with van der Waals surface area (Å²) < 4.78 is 0. The summed E-state index contributed by atoms with van der Waals surface area (Å²) in [7, 11) is 0. The van der Waals surface area contributed by atoms with Gasteiger partial charge in [-0.15, -0.1) is 0 Å². The maximum atomic E-state index is 12.3. The van der Waals surface area contributed by atoms with Crippen LogP contribution in [0.3, 0.4) is 0 Å². The largest absolute Gasteiger partial charge is 0.342 e. The monoisotopic (exact) mass is 259 g/mol. The van der Waals surface area contributed by atoms with Gasteiger partial charge in [0.1, 0.15) is 0 Å². The van der Waals surface area contributed by atoms with Crippen LogP contribution in [0, 0.1) is 0 Å². The van der Waals surface area contributed by atoms with E-state index in [0.717, 1.165) is 31.5 Å². The average Bonchev–Trinajstić information content (AvgIpc) is 2.68. The van der Waals surface area contributed by atoms with Crippen LogP contribution in [-0.2, 0) is 11.2 Å². The van der Waals surface area contributed by atoms with Crippen molar-refractivity contribution < 1.29 is 4.79 Å². The highest BCUT2D eigenvalue weighted by Gasteiger charge is 2.15. The predicted octanol–water partition coefficient (Wildman–Crippen LogP) is 3.76. The number of benzene rings is 1. The molecule has 0 saturated carbocycles. The van der Waals surface area contributed by atoms with Crippen molar-refractivity contribution in [3.63, 3.8) is 0 Å². The lowest BCUT2D eigenvalue weighted by molar-refractivity contribution is -0.130. The van der Waals surface area contributed by atoms with E-state index in [1.165, 1.54) is 18.4 Å². The molecule has 1 fully saturated rings. The molecule has 1 aromatic rings. The van der Waals surface area contributed by atoms with Gasteiger partial charge in [-0.2, -0.15) is 0 Å². The number of likely N-dealkylation sites (tertiary alicyclic amines) is 1. The number of amides is 1. The van der Waals surface area contributed by atoms with Crippen LogP contribution in [0.15, 0.2) is 24.3 Å². The first-order chi connectivity index (χ1) is 9.16. The highest BCUT2D eigenvalue weighted by Crippen LogP contribution is 2.17. The summed E-state index contributed by atoms with van der Waals surface area (Å²) >= 11 is 0. The summed E-state index contributed by atoms with van der Waals surface area (Å²) in [5.41, 5.74) is 2.47. The van der Waals surface area contributed by atoms with Crippen LogP contribution >= 0.6 is 0 Å². The summed E-state index contributed by atoms with van der Waals surface area (Å²) in [6.07, 6.45) is 5.43. The van der Waals surface area contributed by atoms with Gasteiger partial charge in [0.25, 0.3) is 0 Å². The van der Waals surface area contributed by atoms with Crippen molar-refractivity contribution >= 4 is 5.91 Å². The Morgan fingerprint density at radius 1 is 1.16 bits per heavy atom. The Balaban J connectivity index is 1.99. The second kappa shape index (κ2) is 6.74. The molecule has 0 bridgehead atoms. The number of hydrogen-bond acceptors (Lipinski definition) is 1. The predicted molar refractivity (Wildman–Crippen MR) is 79.3 cm³/mol. The zero-order valence-electron chi connectivity index (χ0n) is 12.2. The van der Waals surface area contributed by atoms with Gasteiger partial charge >= 0.3 is 0 Å². The Labute approximate surface area is 116 Å². The van der Waals surface area contributed by atoms with Crippen molar-refractivity contribution in [3.05, 3.63) is 35.4 Å². The van der Waals surface area contributed by atoms with Crippen LogP contribution in [-0.4, -0.2) is 23.9 Å². The van der Waals surface area contributed by atoms with E-state index in [4.69, 9.17) is 0 Å².